The van der Waals surface area contributed by atoms with Gasteiger partial charge in [-0.05, 0) is 6.07 Å². The van der Waals surface area contributed by atoms with Crippen molar-refractivity contribution in [3.8, 4) is 17.4 Å². The Balaban J connectivity index is 2.23. The molecule has 1 aromatic carbocycles. The van der Waals surface area contributed by atoms with Gasteiger partial charge in [0.25, 0.3) is 0 Å². The number of hydrogen-bond acceptors (Lipinski definition) is 3. The fourth-order valence-electron chi connectivity index (χ4n) is 1.73. The fourth-order valence-corrected chi connectivity index (χ4v) is 1.73. The molecule has 16 heavy (non-hydrogen) atoms. The number of hydrogen-bond donors (Lipinski definition) is 1. The molecule has 0 amide bonds. The van der Waals surface area contributed by atoms with Crippen LogP contribution < -0.4 is 0 Å². The molecule has 1 N–H and O–H groups in total. The molecule has 0 bridgehead atoms. The summed E-state index contributed by atoms with van der Waals surface area (Å²) in [6, 6.07) is 11.5. The van der Waals surface area contributed by atoms with Crippen molar-refractivity contribution < 1.29 is 4.52 Å². The summed E-state index contributed by atoms with van der Waals surface area (Å²) >= 11 is 0. The second kappa shape index (κ2) is 3.24. The van der Waals surface area contributed by atoms with Gasteiger partial charge >= 0.3 is 0 Å². The number of para-hydroxylation sites is 1. The van der Waals surface area contributed by atoms with Gasteiger partial charge in [-0.1, -0.05) is 23.4 Å². The van der Waals surface area contributed by atoms with Crippen LogP contribution in [0.4, 0.5) is 0 Å². The predicted molar refractivity (Wildman–Crippen MR) is 58.5 cm³/mol. The second-order valence-electron chi connectivity index (χ2n) is 3.44. The molecular weight excluding hydrogens is 202 g/mol. The zero-order valence-electron chi connectivity index (χ0n) is 8.27. The molecule has 4 nitrogen and oxygen atoms in total. The minimum Gasteiger partial charge on any atom is -0.360 e. The largest absolute Gasteiger partial charge is 0.360 e. The molecule has 3 rings (SSSR count). The molecule has 2 aromatic heterocycles. The molecule has 0 saturated heterocycles. The molecule has 0 aliphatic carbocycles. The summed E-state index contributed by atoms with van der Waals surface area (Å²) in [6.45, 7) is 0. The van der Waals surface area contributed by atoms with Crippen molar-refractivity contribution in [1.29, 1.82) is 5.26 Å². The Kier molecular flexibility index (Phi) is 1.77. The van der Waals surface area contributed by atoms with Gasteiger partial charge in [0.2, 0.25) is 0 Å². The molecule has 2 heterocycles. The average Bonchev–Trinajstić information content (AvgIpc) is 2.94. The van der Waals surface area contributed by atoms with Gasteiger partial charge in [0.1, 0.15) is 6.07 Å². The molecule has 4 heteroatoms. The molecule has 0 spiro atoms. The molecule has 0 radical (unpaired) electrons. The number of fused-ring (bicyclic) bond motifs is 1. The summed E-state index contributed by atoms with van der Waals surface area (Å²) in [7, 11) is 0. The van der Waals surface area contributed by atoms with Crippen molar-refractivity contribution in [2.45, 2.75) is 0 Å². The van der Waals surface area contributed by atoms with Gasteiger partial charge in [0, 0.05) is 28.7 Å². The van der Waals surface area contributed by atoms with E-state index in [2.05, 4.69) is 10.1 Å². The van der Waals surface area contributed by atoms with Crippen LogP contribution in [0.5, 0.6) is 0 Å². The number of H-pyrrole nitrogens is 1. The molecule has 0 unspecified atom stereocenters. The first-order valence-corrected chi connectivity index (χ1v) is 4.82. The topological polar surface area (TPSA) is 65.6 Å². The van der Waals surface area contributed by atoms with Crippen LogP contribution in [0.2, 0.25) is 0 Å². The van der Waals surface area contributed by atoms with Gasteiger partial charge in [-0.3, -0.25) is 0 Å². The van der Waals surface area contributed by atoms with Gasteiger partial charge in [0.15, 0.2) is 11.5 Å². The quantitative estimate of drug-likeness (QED) is 0.670. The summed E-state index contributed by atoms with van der Waals surface area (Å²) in [5.41, 5.74) is 2.25. The van der Waals surface area contributed by atoms with Gasteiger partial charge in [-0.2, -0.15) is 5.26 Å². The summed E-state index contributed by atoms with van der Waals surface area (Å²) in [5.74, 6) is 0.606. The lowest BCUT2D eigenvalue weighted by Crippen LogP contribution is -1.69. The summed E-state index contributed by atoms with van der Waals surface area (Å²) in [5, 5.41) is 13.4. The van der Waals surface area contributed by atoms with Crippen LogP contribution in [0.1, 0.15) is 5.69 Å². The van der Waals surface area contributed by atoms with E-state index >= 15 is 0 Å². The van der Waals surface area contributed by atoms with Crippen molar-refractivity contribution in [2.75, 3.05) is 0 Å². The number of rotatable bonds is 1. The Morgan fingerprint density at radius 1 is 1.31 bits per heavy atom. The van der Waals surface area contributed by atoms with E-state index in [9.17, 15) is 0 Å². The fraction of sp³-hybridized carbons (Fsp3) is 0. The first kappa shape index (κ1) is 8.74. The maximum Gasteiger partial charge on any atom is 0.184 e. The number of aromatic nitrogens is 2. The van der Waals surface area contributed by atoms with E-state index in [0.29, 0.717) is 11.5 Å². The molecule has 0 aliphatic rings. The molecule has 0 fully saturated rings. The number of nitriles is 1. The minimum atomic E-state index is 0.292. The molecular formula is C12H7N3O. The normalized spacial score (nSPS) is 10.4. The van der Waals surface area contributed by atoms with Crippen molar-refractivity contribution in [2.24, 2.45) is 0 Å². The van der Waals surface area contributed by atoms with Crippen molar-refractivity contribution in [3.05, 3.63) is 42.2 Å². The van der Waals surface area contributed by atoms with Crippen molar-refractivity contribution >= 4 is 10.9 Å². The lowest BCUT2D eigenvalue weighted by Gasteiger charge is -1.91. The van der Waals surface area contributed by atoms with Crippen LogP contribution in [-0.4, -0.2) is 10.1 Å². The molecule has 0 atom stereocenters. The summed E-state index contributed by atoms with van der Waals surface area (Å²) in [6.07, 6.45) is 1.85. The van der Waals surface area contributed by atoms with Crippen LogP contribution in [0.15, 0.2) is 41.1 Å². The SMILES string of the molecule is N#Cc1cc(-c2c[nH]c3ccccc23)on1. The smallest absolute Gasteiger partial charge is 0.184 e. The number of benzene rings is 1. The Hall–Kier alpha value is -2.54. The van der Waals surface area contributed by atoms with E-state index in [1.807, 2.05) is 36.5 Å². The first-order valence-electron chi connectivity index (χ1n) is 4.82. The Morgan fingerprint density at radius 3 is 3.00 bits per heavy atom. The van der Waals surface area contributed by atoms with Crippen LogP contribution >= 0.6 is 0 Å². The summed E-state index contributed by atoms with van der Waals surface area (Å²) in [4.78, 5) is 3.14. The number of nitrogens with zero attached hydrogens (tertiary/aromatic N) is 2. The zero-order chi connectivity index (χ0) is 11.0. The minimum absolute atomic E-state index is 0.292. The van der Waals surface area contributed by atoms with E-state index in [1.165, 1.54) is 0 Å². The van der Waals surface area contributed by atoms with E-state index in [1.54, 1.807) is 6.07 Å². The maximum atomic E-state index is 8.68. The maximum absolute atomic E-state index is 8.68. The van der Waals surface area contributed by atoms with Gasteiger partial charge < -0.3 is 9.51 Å². The summed E-state index contributed by atoms with van der Waals surface area (Å²) < 4.78 is 5.12. The van der Waals surface area contributed by atoms with Crippen LogP contribution in [0.3, 0.4) is 0 Å². The van der Waals surface area contributed by atoms with Gasteiger partial charge in [-0.15, -0.1) is 0 Å². The Bertz CT molecular complexity index is 687. The monoisotopic (exact) mass is 209 g/mol. The highest BCUT2D eigenvalue weighted by molar-refractivity contribution is 5.94. The van der Waals surface area contributed by atoms with E-state index in [-0.39, 0.29) is 0 Å². The third-order valence-corrected chi connectivity index (χ3v) is 2.48. The Labute approximate surface area is 91.1 Å². The molecule has 0 saturated carbocycles. The van der Waals surface area contributed by atoms with Gasteiger partial charge in [-0.25, -0.2) is 0 Å². The molecule has 3 aromatic rings. The lowest BCUT2D eigenvalue weighted by molar-refractivity contribution is 0.430. The van der Waals surface area contributed by atoms with Gasteiger partial charge in [0.05, 0.1) is 0 Å². The van der Waals surface area contributed by atoms with E-state index in [4.69, 9.17) is 9.78 Å². The molecule has 76 valence electrons. The predicted octanol–water partition coefficient (Wildman–Crippen LogP) is 2.69. The van der Waals surface area contributed by atoms with E-state index in [0.717, 1.165) is 16.5 Å². The van der Waals surface area contributed by atoms with Crippen LogP contribution in [-0.2, 0) is 0 Å². The Morgan fingerprint density at radius 2 is 2.19 bits per heavy atom. The number of aromatic amines is 1. The van der Waals surface area contributed by atoms with Crippen LogP contribution in [0.25, 0.3) is 22.2 Å². The average molecular weight is 209 g/mol. The standard InChI is InChI=1S/C12H7N3O/c13-6-8-5-12(16-15-8)10-7-14-11-4-2-1-3-9(10)11/h1-5,7,14H. The first-order chi connectivity index (χ1) is 7.88. The zero-order valence-corrected chi connectivity index (χ0v) is 8.27. The van der Waals surface area contributed by atoms with Crippen molar-refractivity contribution in [3.63, 3.8) is 0 Å². The highest BCUT2D eigenvalue weighted by Gasteiger charge is 2.10. The van der Waals surface area contributed by atoms with Crippen molar-refractivity contribution in [1.82, 2.24) is 10.1 Å². The lowest BCUT2D eigenvalue weighted by atomic mass is 10.1. The number of nitrogens with one attached hydrogen (secondary N) is 1. The molecule has 0 aliphatic heterocycles. The van der Waals surface area contributed by atoms with E-state index < -0.39 is 0 Å². The highest BCUT2D eigenvalue weighted by atomic mass is 16.5. The third kappa shape index (κ3) is 1.19. The third-order valence-electron chi connectivity index (χ3n) is 2.48. The highest BCUT2D eigenvalue weighted by Crippen LogP contribution is 2.28. The second-order valence-corrected chi connectivity index (χ2v) is 3.44. The van der Waals surface area contributed by atoms with Crippen LogP contribution in [0, 0.1) is 11.3 Å².